The third-order valence-corrected chi connectivity index (χ3v) is 5.43. The number of nitrogens with zero attached hydrogens (tertiary/aromatic N) is 6. The summed E-state index contributed by atoms with van der Waals surface area (Å²) < 4.78 is 41.4. The molecule has 160 valence electrons. The molecule has 30 heavy (non-hydrogen) atoms. The average Bonchev–Trinajstić information content (AvgIpc) is 2.87. The number of hydrogen-bond acceptors (Lipinski definition) is 5. The molecule has 0 amide bonds. The Balaban J connectivity index is 1.39. The fourth-order valence-corrected chi connectivity index (χ4v) is 3.86. The third-order valence-electron chi connectivity index (χ3n) is 5.15. The van der Waals surface area contributed by atoms with Gasteiger partial charge in [0.1, 0.15) is 5.82 Å². The summed E-state index contributed by atoms with van der Waals surface area (Å²) in [5, 5.41) is 4.33. The molecule has 0 atom stereocenters. The predicted molar refractivity (Wildman–Crippen MR) is 107 cm³/mol. The van der Waals surface area contributed by atoms with Gasteiger partial charge < -0.3 is 4.90 Å². The highest BCUT2D eigenvalue weighted by Gasteiger charge is 2.32. The first-order valence-corrected chi connectivity index (χ1v) is 9.95. The summed E-state index contributed by atoms with van der Waals surface area (Å²) >= 11 is 6.09. The molecular formula is C19H20ClF3N6O. The van der Waals surface area contributed by atoms with E-state index in [1.807, 2.05) is 11.0 Å². The van der Waals surface area contributed by atoms with Crippen LogP contribution < -0.4 is 10.6 Å². The molecule has 0 spiro atoms. The van der Waals surface area contributed by atoms with Gasteiger partial charge in [0.05, 0.1) is 17.1 Å². The fraction of sp³-hybridized carbons (Fsp3) is 0.421. The molecule has 3 aromatic rings. The van der Waals surface area contributed by atoms with Crippen LogP contribution in [0.5, 0.6) is 0 Å². The molecule has 3 aromatic heterocycles. The summed E-state index contributed by atoms with van der Waals surface area (Å²) in [5.74, 6) is 0.364. The molecule has 0 aromatic carbocycles. The van der Waals surface area contributed by atoms with Crippen LogP contribution in [-0.2, 0) is 12.7 Å². The Kier molecular flexibility index (Phi) is 5.70. The Hall–Kier alpha value is -2.59. The molecule has 7 nitrogen and oxygen atoms in total. The van der Waals surface area contributed by atoms with Crippen molar-refractivity contribution in [2.24, 2.45) is 0 Å². The molecule has 0 radical (unpaired) electrons. The van der Waals surface area contributed by atoms with Crippen molar-refractivity contribution in [2.75, 3.05) is 37.6 Å². The van der Waals surface area contributed by atoms with E-state index in [0.29, 0.717) is 44.2 Å². The zero-order chi connectivity index (χ0) is 21.3. The second-order valence-electron chi connectivity index (χ2n) is 7.14. The summed E-state index contributed by atoms with van der Waals surface area (Å²) in [5.41, 5.74) is -0.430. The van der Waals surface area contributed by atoms with Gasteiger partial charge in [0.2, 0.25) is 0 Å². The number of halogens is 4. The largest absolute Gasteiger partial charge is 0.417 e. The van der Waals surface area contributed by atoms with Crippen molar-refractivity contribution in [3.8, 4) is 0 Å². The van der Waals surface area contributed by atoms with Crippen molar-refractivity contribution >= 4 is 23.1 Å². The molecule has 1 saturated heterocycles. The molecule has 0 bridgehead atoms. The first-order chi connectivity index (χ1) is 14.3. The minimum absolute atomic E-state index is 0.00507. The van der Waals surface area contributed by atoms with E-state index in [0.717, 1.165) is 25.2 Å². The van der Waals surface area contributed by atoms with Gasteiger partial charge in [-0.15, -0.1) is 5.10 Å². The molecule has 1 aliphatic rings. The summed E-state index contributed by atoms with van der Waals surface area (Å²) in [4.78, 5) is 20.4. The molecule has 0 unspecified atom stereocenters. The number of anilines is 1. The molecular weight excluding hydrogens is 421 g/mol. The minimum atomic E-state index is -4.47. The molecule has 0 aliphatic carbocycles. The Morgan fingerprint density at radius 2 is 1.93 bits per heavy atom. The van der Waals surface area contributed by atoms with E-state index in [9.17, 15) is 18.0 Å². The maximum Gasteiger partial charge on any atom is 0.417 e. The van der Waals surface area contributed by atoms with Crippen LogP contribution in [0.15, 0.2) is 41.5 Å². The van der Waals surface area contributed by atoms with Crippen molar-refractivity contribution in [3.63, 3.8) is 0 Å². The molecule has 1 fully saturated rings. The summed E-state index contributed by atoms with van der Waals surface area (Å²) in [6, 6.07) is 6.31. The van der Waals surface area contributed by atoms with Crippen molar-refractivity contribution in [1.82, 2.24) is 24.1 Å². The lowest BCUT2D eigenvalue weighted by Crippen LogP contribution is -2.35. The highest BCUT2D eigenvalue weighted by molar-refractivity contribution is 6.33. The first kappa shape index (κ1) is 20.7. The van der Waals surface area contributed by atoms with Gasteiger partial charge in [-0.1, -0.05) is 17.7 Å². The van der Waals surface area contributed by atoms with E-state index >= 15 is 0 Å². The maximum atomic E-state index is 12.8. The predicted octanol–water partition coefficient (Wildman–Crippen LogP) is 2.78. The normalized spacial score (nSPS) is 16.2. The van der Waals surface area contributed by atoms with Gasteiger partial charge >= 0.3 is 11.9 Å². The monoisotopic (exact) mass is 440 g/mol. The second-order valence-corrected chi connectivity index (χ2v) is 7.55. The Bertz CT molecular complexity index is 1100. The van der Waals surface area contributed by atoms with E-state index in [1.165, 1.54) is 9.08 Å². The molecule has 4 heterocycles. The van der Waals surface area contributed by atoms with Crippen molar-refractivity contribution in [1.29, 1.82) is 0 Å². The summed E-state index contributed by atoms with van der Waals surface area (Å²) in [7, 11) is 0. The lowest BCUT2D eigenvalue weighted by Gasteiger charge is -2.24. The van der Waals surface area contributed by atoms with Crippen LogP contribution in [0.2, 0.25) is 5.02 Å². The zero-order valence-electron chi connectivity index (χ0n) is 16.0. The highest BCUT2D eigenvalue weighted by atomic mass is 35.5. The smallest absolute Gasteiger partial charge is 0.354 e. The Morgan fingerprint density at radius 3 is 2.67 bits per heavy atom. The van der Waals surface area contributed by atoms with Gasteiger partial charge in [-0.05, 0) is 31.2 Å². The highest BCUT2D eigenvalue weighted by Crippen LogP contribution is 2.33. The van der Waals surface area contributed by atoms with Crippen molar-refractivity contribution < 1.29 is 13.2 Å². The van der Waals surface area contributed by atoms with E-state index < -0.39 is 11.7 Å². The van der Waals surface area contributed by atoms with Crippen LogP contribution in [0.1, 0.15) is 12.0 Å². The standard InChI is InChI=1S/C19H20ClF3N6O/c20-15-12-14(19(21,22)23)13-24-17(15)27-6-3-5-26(8-10-27)9-11-29-18(30)28-7-2-1-4-16(28)25-29/h1-2,4,7,12-13H,3,5-6,8-11H2. The Labute approximate surface area is 175 Å². The van der Waals surface area contributed by atoms with Crippen LogP contribution in [0.3, 0.4) is 0 Å². The molecule has 0 saturated carbocycles. The molecule has 11 heteroatoms. The summed E-state index contributed by atoms with van der Waals surface area (Å²) in [6.45, 7) is 3.81. The van der Waals surface area contributed by atoms with Crippen LogP contribution in [-0.4, -0.2) is 56.8 Å². The number of rotatable bonds is 4. The van der Waals surface area contributed by atoms with Gasteiger partial charge in [0, 0.05) is 38.6 Å². The summed E-state index contributed by atoms with van der Waals surface area (Å²) in [6.07, 6.45) is -1.16. The lowest BCUT2D eigenvalue weighted by molar-refractivity contribution is -0.137. The Morgan fingerprint density at radius 1 is 1.10 bits per heavy atom. The molecule has 1 aliphatic heterocycles. The van der Waals surface area contributed by atoms with Gasteiger partial charge in [0.15, 0.2) is 5.65 Å². The van der Waals surface area contributed by atoms with Crippen LogP contribution in [0, 0.1) is 0 Å². The third kappa shape index (κ3) is 4.29. The zero-order valence-corrected chi connectivity index (χ0v) is 16.8. The quantitative estimate of drug-likeness (QED) is 0.624. The SMILES string of the molecule is O=c1n(CCN2CCCN(c3ncc(C(F)(F)F)cc3Cl)CC2)nc2ccccn12. The van der Waals surface area contributed by atoms with E-state index in [4.69, 9.17) is 11.6 Å². The van der Waals surface area contributed by atoms with E-state index in [1.54, 1.807) is 18.3 Å². The molecule has 4 rings (SSSR count). The molecule has 0 N–H and O–H groups in total. The van der Waals surface area contributed by atoms with Crippen molar-refractivity contribution in [2.45, 2.75) is 19.1 Å². The lowest BCUT2D eigenvalue weighted by atomic mass is 10.2. The number of hydrogen-bond donors (Lipinski definition) is 0. The van der Waals surface area contributed by atoms with Crippen LogP contribution >= 0.6 is 11.6 Å². The van der Waals surface area contributed by atoms with Crippen LogP contribution in [0.4, 0.5) is 19.0 Å². The van der Waals surface area contributed by atoms with Gasteiger partial charge in [-0.2, -0.15) is 13.2 Å². The second kappa shape index (κ2) is 8.27. The maximum absolute atomic E-state index is 12.8. The number of pyridine rings is 2. The van der Waals surface area contributed by atoms with Gasteiger partial charge in [0.25, 0.3) is 0 Å². The minimum Gasteiger partial charge on any atom is -0.354 e. The van der Waals surface area contributed by atoms with E-state index in [2.05, 4.69) is 15.0 Å². The number of aromatic nitrogens is 4. The van der Waals surface area contributed by atoms with Gasteiger partial charge in [-0.3, -0.25) is 9.30 Å². The number of fused-ring (bicyclic) bond motifs is 1. The fourth-order valence-electron chi connectivity index (χ4n) is 3.57. The number of alkyl halides is 3. The first-order valence-electron chi connectivity index (χ1n) is 9.57. The average molecular weight is 441 g/mol. The topological polar surface area (TPSA) is 58.7 Å². The van der Waals surface area contributed by atoms with Crippen LogP contribution in [0.25, 0.3) is 5.65 Å². The van der Waals surface area contributed by atoms with E-state index in [-0.39, 0.29) is 10.7 Å². The van der Waals surface area contributed by atoms with Crippen molar-refractivity contribution in [3.05, 3.63) is 57.7 Å². The van der Waals surface area contributed by atoms with Gasteiger partial charge in [-0.25, -0.2) is 14.5 Å².